The van der Waals surface area contributed by atoms with E-state index in [1.165, 1.54) is 65.7 Å². The van der Waals surface area contributed by atoms with Gasteiger partial charge in [0.25, 0.3) is 0 Å². The minimum Gasteiger partial charge on any atom is -0.278 e. The molecule has 0 unspecified atom stereocenters. The zero-order valence-electron chi connectivity index (χ0n) is 28.9. The van der Waals surface area contributed by atoms with Gasteiger partial charge in [-0.15, -0.1) is 0 Å². The van der Waals surface area contributed by atoms with Gasteiger partial charge in [0.1, 0.15) is 0 Å². The van der Waals surface area contributed by atoms with Crippen molar-refractivity contribution < 1.29 is 0 Å². The first-order chi connectivity index (χ1) is 25.5. The van der Waals surface area contributed by atoms with E-state index in [1.54, 1.807) is 0 Å². The lowest BCUT2D eigenvalue weighted by Gasteiger charge is -2.25. The van der Waals surface area contributed by atoms with Gasteiger partial charge in [0.05, 0.1) is 22.2 Å². The summed E-state index contributed by atoms with van der Waals surface area (Å²) in [6.45, 7) is 4.73. The second-order valence-corrected chi connectivity index (χ2v) is 14.6. The van der Waals surface area contributed by atoms with E-state index < -0.39 is 0 Å². The van der Waals surface area contributed by atoms with Crippen molar-refractivity contribution >= 4 is 54.3 Å². The Bertz CT molecular complexity index is 3100. The Morgan fingerprint density at radius 3 is 1.90 bits per heavy atom. The summed E-state index contributed by atoms with van der Waals surface area (Å²) < 4.78 is 2.28. The summed E-state index contributed by atoms with van der Waals surface area (Å²) in [5.41, 5.74) is 12.6. The minimum absolute atomic E-state index is 0.225. The third-order valence-electron chi connectivity index (χ3n) is 11.3. The van der Waals surface area contributed by atoms with Gasteiger partial charge in [-0.2, -0.15) is 0 Å². The monoisotopic (exact) mass is 663 g/mol. The molecule has 10 aromatic rings. The minimum atomic E-state index is -0.225. The molecule has 0 amide bonds. The van der Waals surface area contributed by atoms with Crippen LogP contribution in [0.25, 0.3) is 93.7 Å². The first-order valence-electron chi connectivity index (χ1n) is 18.0. The fourth-order valence-electron chi connectivity index (χ4n) is 8.86. The number of nitrogens with zero attached hydrogens (tertiary/aromatic N) is 3. The summed E-state index contributed by atoms with van der Waals surface area (Å²) in [6.07, 6.45) is 0. The highest BCUT2D eigenvalue weighted by atomic mass is 15.2. The number of hydrogen-bond acceptors (Lipinski definition) is 2. The van der Waals surface area contributed by atoms with E-state index in [1.807, 2.05) is 0 Å². The molecule has 3 nitrogen and oxygen atoms in total. The first kappa shape index (κ1) is 29.2. The molecule has 2 aromatic heterocycles. The second kappa shape index (κ2) is 10.7. The average Bonchev–Trinajstić information content (AvgIpc) is 3.62. The van der Waals surface area contributed by atoms with E-state index in [9.17, 15) is 0 Å². The lowest BCUT2D eigenvalue weighted by Crippen LogP contribution is -2.17. The SMILES string of the molecule is CC1(C)c2cc3ccccc3cc2-c2cccc(-c3nc(-n4c5ccc(-c6ccccc6)cc5c5cc6ccccc6cc54)nc4ccccc34)c21. The van der Waals surface area contributed by atoms with Crippen LogP contribution in [-0.2, 0) is 5.41 Å². The zero-order valence-corrected chi connectivity index (χ0v) is 28.9. The number of rotatable bonds is 3. The molecule has 0 spiro atoms. The highest BCUT2D eigenvalue weighted by Gasteiger charge is 2.38. The molecule has 1 aliphatic rings. The van der Waals surface area contributed by atoms with Crippen molar-refractivity contribution in [1.82, 2.24) is 14.5 Å². The molecule has 8 aromatic carbocycles. The van der Waals surface area contributed by atoms with Gasteiger partial charge in [0, 0.05) is 27.1 Å². The molecule has 52 heavy (non-hydrogen) atoms. The maximum atomic E-state index is 5.59. The van der Waals surface area contributed by atoms with Crippen molar-refractivity contribution in [1.29, 1.82) is 0 Å². The molecule has 3 heteroatoms. The van der Waals surface area contributed by atoms with E-state index in [0.717, 1.165) is 33.2 Å². The van der Waals surface area contributed by atoms with E-state index >= 15 is 0 Å². The number of fused-ring (bicyclic) bond motifs is 9. The van der Waals surface area contributed by atoms with Crippen molar-refractivity contribution in [3.05, 3.63) is 175 Å². The number of benzene rings is 8. The summed E-state index contributed by atoms with van der Waals surface area (Å²) in [4.78, 5) is 10.9. The summed E-state index contributed by atoms with van der Waals surface area (Å²) in [5.74, 6) is 0.674. The highest BCUT2D eigenvalue weighted by Crippen LogP contribution is 2.53. The van der Waals surface area contributed by atoms with Crippen LogP contribution in [0.5, 0.6) is 0 Å². The first-order valence-corrected chi connectivity index (χ1v) is 18.0. The van der Waals surface area contributed by atoms with Crippen LogP contribution in [0.15, 0.2) is 164 Å². The van der Waals surface area contributed by atoms with Crippen molar-refractivity contribution in [2.45, 2.75) is 19.3 Å². The van der Waals surface area contributed by atoms with E-state index in [0.29, 0.717) is 5.95 Å². The Morgan fingerprint density at radius 2 is 1.10 bits per heavy atom. The Labute approximate surface area is 301 Å². The van der Waals surface area contributed by atoms with Gasteiger partial charge in [-0.3, -0.25) is 4.57 Å². The molecule has 0 N–H and O–H groups in total. The molecule has 0 bridgehead atoms. The van der Waals surface area contributed by atoms with Crippen LogP contribution in [0, 0.1) is 0 Å². The molecule has 244 valence electrons. The third kappa shape index (κ3) is 4.14. The number of aromatic nitrogens is 3. The second-order valence-electron chi connectivity index (χ2n) is 14.6. The summed E-state index contributed by atoms with van der Waals surface area (Å²) in [5, 5.41) is 8.37. The molecular weight excluding hydrogens is 631 g/mol. The Hall–Kier alpha value is -6.58. The maximum Gasteiger partial charge on any atom is 0.235 e. The average molecular weight is 664 g/mol. The van der Waals surface area contributed by atoms with Crippen LogP contribution in [0.3, 0.4) is 0 Å². The smallest absolute Gasteiger partial charge is 0.235 e. The van der Waals surface area contributed by atoms with Crippen molar-refractivity contribution in [3.8, 4) is 39.5 Å². The molecule has 2 heterocycles. The van der Waals surface area contributed by atoms with Crippen LogP contribution >= 0.6 is 0 Å². The largest absolute Gasteiger partial charge is 0.278 e. The zero-order chi connectivity index (χ0) is 34.6. The van der Waals surface area contributed by atoms with E-state index in [-0.39, 0.29) is 5.41 Å². The standard InChI is InChI=1S/C49H33N3/c1-49(2)42-28-33-17-8-6-15-31(33)25-39(42)36-20-12-21-38(46(36)49)47-37-19-10-11-22-43(37)50-48(51-47)52-44-24-23-35(30-13-4-3-5-14-30)27-40(44)41-26-32-16-7-9-18-34(32)29-45(41)52/h3-29H,1-2H3. The summed E-state index contributed by atoms with van der Waals surface area (Å²) in [6, 6.07) is 59.3. The Balaban J connectivity index is 1.20. The topological polar surface area (TPSA) is 30.7 Å². The van der Waals surface area contributed by atoms with Crippen LogP contribution < -0.4 is 0 Å². The van der Waals surface area contributed by atoms with Crippen molar-refractivity contribution in [3.63, 3.8) is 0 Å². The van der Waals surface area contributed by atoms with Crippen molar-refractivity contribution in [2.24, 2.45) is 0 Å². The summed E-state index contributed by atoms with van der Waals surface area (Å²) >= 11 is 0. The van der Waals surface area contributed by atoms with Gasteiger partial charge in [-0.25, -0.2) is 9.97 Å². The lowest BCUT2D eigenvalue weighted by atomic mass is 9.79. The van der Waals surface area contributed by atoms with Crippen molar-refractivity contribution in [2.75, 3.05) is 0 Å². The predicted molar refractivity (Wildman–Crippen MR) is 217 cm³/mol. The molecule has 0 saturated heterocycles. The summed E-state index contributed by atoms with van der Waals surface area (Å²) in [7, 11) is 0. The van der Waals surface area contributed by atoms with Gasteiger partial charge < -0.3 is 0 Å². The predicted octanol–water partition coefficient (Wildman–Crippen LogP) is 12.7. The van der Waals surface area contributed by atoms with Gasteiger partial charge in [0.2, 0.25) is 5.95 Å². The normalized spacial score (nSPS) is 13.3. The van der Waals surface area contributed by atoms with Gasteiger partial charge in [-0.1, -0.05) is 135 Å². The molecule has 0 saturated carbocycles. The fourth-order valence-corrected chi connectivity index (χ4v) is 8.86. The molecule has 1 aliphatic carbocycles. The highest BCUT2D eigenvalue weighted by molar-refractivity contribution is 6.14. The number of para-hydroxylation sites is 1. The Morgan fingerprint density at radius 1 is 0.442 bits per heavy atom. The van der Waals surface area contributed by atoms with E-state index in [2.05, 4.69) is 182 Å². The molecule has 0 atom stereocenters. The molecule has 11 rings (SSSR count). The van der Waals surface area contributed by atoms with Crippen LogP contribution in [0.4, 0.5) is 0 Å². The molecule has 0 fully saturated rings. The number of hydrogen-bond donors (Lipinski definition) is 0. The van der Waals surface area contributed by atoms with Crippen LogP contribution in [-0.4, -0.2) is 14.5 Å². The fraction of sp³-hybridized carbons (Fsp3) is 0.0612. The third-order valence-corrected chi connectivity index (χ3v) is 11.3. The Kier molecular flexibility index (Phi) is 6.01. The maximum absolute atomic E-state index is 5.59. The van der Waals surface area contributed by atoms with Crippen LogP contribution in [0.2, 0.25) is 0 Å². The van der Waals surface area contributed by atoms with E-state index in [4.69, 9.17) is 9.97 Å². The molecule has 0 aliphatic heterocycles. The molecule has 0 radical (unpaired) electrons. The van der Waals surface area contributed by atoms with Gasteiger partial charge in [-0.05, 0) is 97.4 Å². The quantitative estimate of drug-likeness (QED) is 0.188. The van der Waals surface area contributed by atoms with Gasteiger partial charge >= 0.3 is 0 Å². The molecular formula is C49H33N3. The van der Waals surface area contributed by atoms with Crippen LogP contribution in [0.1, 0.15) is 25.0 Å². The van der Waals surface area contributed by atoms with Gasteiger partial charge in [0.15, 0.2) is 0 Å². The lowest BCUT2D eigenvalue weighted by molar-refractivity contribution is 0.662.